The van der Waals surface area contributed by atoms with Crippen molar-refractivity contribution in [2.24, 2.45) is 5.73 Å². The first kappa shape index (κ1) is 11.0. The molecule has 86 valence electrons. The Bertz CT molecular complexity index is 361. The third-order valence-electron chi connectivity index (χ3n) is 3.38. The highest BCUT2D eigenvalue weighted by Crippen LogP contribution is 2.27. The molecule has 0 atom stereocenters. The molecule has 0 unspecified atom stereocenters. The lowest BCUT2D eigenvalue weighted by Crippen LogP contribution is -2.41. The Balaban J connectivity index is 1.99. The second kappa shape index (κ2) is 4.56. The van der Waals surface area contributed by atoms with E-state index in [1.165, 1.54) is 11.1 Å². The van der Waals surface area contributed by atoms with Gasteiger partial charge >= 0.3 is 0 Å². The van der Waals surface area contributed by atoms with Crippen molar-refractivity contribution in [3.05, 3.63) is 35.4 Å². The van der Waals surface area contributed by atoms with Gasteiger partial charge in [0.05, 0.1) is 0 Å². The molecular weight excluding hydrogens is 198 g/mol. The van der Waals surface area contributed by atoms with Crippen LogP contribution in [-0.4, -0.2) is 23.9 Å². The van der Waals surface area contributed by atoms with Gasteiger partial charge in [-0.3, -0.25) is 5.41 Å². The Hall–Kier alpha value is -1.51. The van der Waals surface area contributed by atoms with Gasteiger partial charge < -0.3 is 10.6 Å². The van der Waals surface area contributed by atoms with E-state index in [2.05, 4.69) is 31.2 Å². The lowest BCUT2D eigenvalue weighted by Gasteiger charge is -2.32. The number of aryl methyl sites for hydroxylation is 1. The summed E-state index contributed by atoms with van der Waals surface area (Å²) in [6, 6.07) is 8.80. The molecule has 0 bridgehead atoms. The number of nitrogens with two attached hydrogens (primary N) is 1. The van der Waals surface area contributed by atoms with E-state index in [1.807, 2.05) is 4.90 Å². The van der Waals surface area contributed by atoms with E-state index >= 15 is 0 Å². The van der Waals surface area contributed by atoms with Crippen LogP contribution in [0.5, 0.6) is 0 Å². The lowest BCUT2D eigenvalue weighted by atomic mass is 9.89. The zero-order valence-electron chi connectivity index (χ0n) is 9.74. The largest absolute Gasteiger partial charge is 0.370 e. The highest BCUT2D eigenvalue weighted by Gasteiger charge is 2.20. The van der Waals surface area contributed by atoms with Crippen molar-refractivity contribution in [3.8, 4) is 0 Å². The highest BCUT2D eigenvalue weighted by molar-refractivity contribution is 5.74. The number of hydrogen-bond donors (Lipinski definition) is 2. The summed E-state index contributed by atoms with van der Waals surface area (Å²) in [6.07, 6.45) is 2.20. The second-order valence-electron chi connectivity index (χ2n) is 4.56. The van der Waals surface area contributed by atoms with Crippen LogP contribution in [0.3, 0.4) is 0 Å². The molecule has 1 heterocycles. The number of hydrogen-bond acceptors (Lipinski definition) is 1. The van der Waals surface area contributed by atoms with Crippen LogP contribution in [0.4, 0.5) is 0 Å². The molecule has 3 heteroatoms. The fourth-order valence-electron chi connectivity index (χ4n) is 2.29. The summed E-state index contributed by atoms with van der Waals surface area (Å²) in [5, 5.41) is 7.39. The molecule has 1 aliphatic rings. The molecule has 1 aliphatic heterocycles. The molecule has 3 nitrogen and oxygen atoms in total. The van der Waals surface area contributed by atoms with Gasteiger partial charge in [0.2, 0.25) is 0 Å². The highest BCUT2D eigenvalue weighted by atomic mass is 15.2. The van der Waals surface area contributed by atoms with Crippen molar-refractivity contribution in [3.63, 3.8) is 0 Å². The molecule has 0 aliphatic carbocycles. The van der Waals surface area contributed by atoms with Crippen molar-refractivity contribution < 1.29 is 0 Å². The van der Waals surface area contributed by atoms with Gasteiger partial charge in [0.25, 0.3) is 0 Å². The number of nitrogens with one attached hydrogen (secondary N) is 1. The van der Waals surface area contributed by atoms with Crippen molar-refractivity contribution in [2.45, 2.75) is 25.7 Å². The zero-order chi connectivity index (χ0) is 11.5. The molecule has 3 N–H and O–H groups in total. The van der Waals surface area contributed by atoms with Crippen molar-refractivity contribution >= 4 is 5.96 Å². The van der Waals surface area contributed by atoms with Crippen LogP contribution in [0.2, 0.25) is 0 Å². The Morgan fingerprint density at radius 1 is 1.25 bits per heavy atom. The number of rotatable bonds is 1. The Kier molecular flexibility index (Phi) is 3.13. The molecule has 1 aromatic carbocycles. The molecule has 0 saturated carbocycles. The summed E-state index contributed by atoms with van der Waals surface area (Å²) >= 11 is 0. The Labute approximate surface area is 96.8 Å². The molecule has 1 fully saturated rings. The third-order valence-corrected chi connectivity index (χ3v) is 3.38. The van der Waals surface area contributed by atoms with Gasteiger partial charge in [-0.15, -0.1) is 0 Å². The summed E-state index contributed by atoms with van der Waals surface area (Å²) in [4.78, 5) is 1.95. The minimum absolute atomic E-state index is 0.211. The van der Waals surface area contributed by atoms with Gasteiger partial charge in [0, 0.05) is 13.1 Å². The number of nitrogens with zero attached hydrogens (tertiary/aromatic N) is 1. The molecule has 0 spiro atoms. The van der Waals surface area contributed by atoms with Crippen LogP contribution in [0.15, 0.2) is 24.3 Å². The third kappa shape index (κ3) is 2.35. The quantitative estimate of drug-likeness (QED) is 0.559. The second-order valence-corrected chi connectivity index (χ2v) is 4.56. The van der Waals surface area contributed by atoms with Crippen LogP contribution in [-0.2, 0) is 0 Å². The van der Waals surface area contributed by atoms with E-state index in [-0.39, 0.29) is 5.96 Å². The van der Waals surface area contributed by atoms with Crippen molar-refractivity contribution in [2.75, 3.05) is 13.1 Å². The van der Waals surface area contributed by atoms with Gasteiger partial charge in [-0.05, 0) is 31.2 Å². The molecule has 0 amide bonds. The summed E-state index contributed by atoms with van der Waals surface area (Å²) in [5.41, 5.74) is 8.22. The Morgan fingerprint density at radius 2 is 1.81 bits per heavy atom. The minimum atomic E-state index is 0.211. The fraction of sp³-hybridized carbons (Fsp3) is 0.462. The first-order valence-corrected chi connectivity index (χ1v) is 5.82. The molecule has 0 aromatic heterocycles. The van der Waals surface area contributed by atoms with Gasteiger partial charge in [0.1, 0.15) is 0 Å². The molecule has 1 aromatic rings. The SMILES string of the molecule is Cc1ccc(C2CCN(C(=N)N)CC2)cc1. The Morgan fingerprint density at radius 3 is 2.31 bits per heavy atom. The zero-order valence-corrected chi connectivity index (χ0v) is 9.74. The van der Waals surface area contributed by atoms with Gasteiger partial charge in [-0.2, -0.15) is 0 Å². The molecule has 2 rings (SSSR count). The summed E-state index contributed by atoms with van der Waals surface area (Å²) in [7, 11) is 0. The average molecular weight is 217 g/mol. The maximum Gasteiger partial charge on any atom is 0.188 e. The monoisotopic (exact) mass is 217 g/mol. The van der Waals surface area contributed by atoms with Crippen molar-refractivity contribution in [1.29, 1.82) is 5.41 Å². The topological polar surface area (TPSA) is 53.1 Å². The summed E-state index contributed by atoms with van der Waals surface area (Å²) in [5.74, 6) is 0.846. The van der Waals surface area contributed by atoms with Crippen molar-refractivity contribution in [1.82, 2.24) is 4.90 Å². The average Bonchev–Trinajstić information content (AvgIpc) is 2.30. The standard InChI is InChI=1S/C13H19N3/c1-10-2-4-11(5-3-10)12-6-8-16(9-7-12)13(14)15/h2-5,12H,6-9H2,1H3,(H3,14,15). The number of benzene rings is 1. The predicted octanol–water partition coefficient (Wildman–Crippen LogP) is 2.07. The summed E-state index contributed by atoms with van der Waals surface area (Å²) in [6.45, 7) is 3.93. The van der Waals surface area contributed by atoms with E-state index in [0.717, 1.165) is 25.9 Å². The normalized spacial score (nSPS) is 17.4. The van der Waals surface area contributed by atoms with Gasteiger partial charge in [0.15, 0.2) is 5.96 Å². The minimum Gasteiger partial charge on any atom is -0.370 e. The van der Waals surface area contributed by atoms with Gasteiger partial charge in [-0.25, -0.2) is 0 Å². The van der Waals surface area contributed by atoms with E-state index in [1.54, 1.807) is 0 Å². The predicted molar refractivity (Wildman–Crippen MR) is 66.6 cm³/mol. The molecule has 16 heavy (non-hydrogen) atoms. The number of guanidine groups is 1. The molecular formula is C13H19N3. The first-order valence-electron chi connectivity index (χ1n) is 5.82. The maximum absolute atomic E-state index is 7.39. The first-order chi connectivity index (χ1) is 7.66. The van der Waals surface area contributed by atoms with E-state index in [4.69, 9.17) is 11.1 Å². The van der Waals surface area contributed by atoms with Crippen LogP contribution >= 0.6 is 0 Å². The van der Waals surface area contributed by atoms with Crippen LogP contribution in [0, 0.1) is 12.3 Å². The number of likely N-dealkylation sites (tertiary alicyclic amines) is 1. The van der Waals surface area contributed by atoms with E-state index in [9.17, 15) is 0 Å². The van der Waals surface area contributed by atoms with Crippen LogP contribution in [0.1, 0.15) is 29.9 Å². The van der Waals surface area contributed by atoms with E-state index in [0.29, 0.717) is 5.92 Å². The smallest absolute Gasteiger partial charge is 0.188 e. The van der Waals surface area contributed by atoms with Gasteiger partial charge in [-0.1, -0.05) is 29.8 Å². The van der Waals surface area contributed by atoms with Crippen LogP contribution < -0.4 is 5.73 Å². The number of piperidine rings is 1. The molecule has 0 radical (unpaired) electrons. The van der Waals surface area contributed by atoms with E-state index < -0.39 is 0 Å². The summed E-state index contributed by atoms with van der Waals surface area (Å²) < 4.78 is 0. The molecule has 1 saturated heterocycles. The lowest BCUT2D eigenvalue weighted by molar-refractivity contribution is 0.309. The van der Waals surface area contributed by atoms with Crippen LogP contribution in [0.25, 0.3) is 0 Å². The maximum atomic E-state index is 7.39. The fourth-order valence-corrected chi connectivity index (χ4v) is 2.29.